The van der Waals surface area contributed by atoms with Crippen molar-refractivity contribution < 1.29 is 22.7 Å². The summed E-state index contributed by atoms with van der Waals surface area (Å²) in [5.41, 5.74) is 3.73. The first kappa shape index (κ1) is 23.0. The van der Waals surface area contributed by atoms with Gasteiger partial charge in [0.1, 0.15) is 11.6 Å². The summed E-state index contributed by atoms with van der Waals surface area (Å²) in [5.74, 6) is -0.0712. The van der Waals surface area contributed by atoms with Crippen molar-refractivity contribution in [1.82, 2.24) is 19.7 Å². The molecule has 0 unspecified atom stereocenters. The average molecular weight is 467 g/mol. The molecule has 7 nitrogen and oxygen atoms in total. The van der Waals surface area contributed by atoms with Crippen LogP contribution in [0.1, 0.15) is 17.0 Å². The maximum absolute atomic E-state index is 12.4. The van der Waals surface area contributed by atoms with E-state index in [1.165, 1.54) is 12.1 Å². The molecule has 1 amide bonds. The van der Waals surface area contributed by atoms with Gasteiger partial charge < -0.3 is 10.1 Å². The number of benzene rings is 2. The Morgan fingerprint density at radius 1 is 1.00 bits per heavy atom. The Morgan fingerprint density at radius 3 is 2.38 bits per heavy atom. The zero-order chi connectivity index (χ0) is 24.1. The summed E-state index contributed by atoms with van der Waals surface area (Å²) in [6.07, 6.45) is 3.04. The Morgan fingerprint density at radius 2 is 1.74 bits per heavy atom. The van der Waals surface area contributed by atoms with E-state index in [1.807, 2.05) is 37.5 Å². The van der Waals surface area contributed by atoms with Crippen molar-refractivity contribution in [3.8, 4) is 16.9 Å². The normalized spacial score (nSPS) is 11.3. The molecule has 174 valence electrons. The Bertz CT molecular complexity index is 1270. The zero-order valence-electron chi connectivity index (χ0n) is 18.1. The standard InChI is InChI=1S/C24H20F3N5O2/c1-32-15-17(12-30-32)9-22-28-13-19(14-29-22)18-7-5-16(6-8-18)10-23(33)31-20-3-2-4-21(11-20)34-24(25,26)27/h2-8,11-15H,9-10H2,1H3,(H,31,33). The molecule has 34 heavy (non-hydrogen) atoms. The predicted molar refractivity (Wildman–Crippen MR) is 119 cm³/mol. The van der Waals surface area contributed by atoms with Crippen molar-refractivity contribution in [3.63, 3.8) is 0 Å². The summed E-state index contributed by atoms with van der Waals surface area (Å²) in [5, 5.41) is 6.71. The summed E-state index contributed by atoms with van der Waals surface area (Å²) in [6.45, 7) is 0. The van der Waals surface area contributed by atoms with Crippen LogP contribution in [-0.4, -0.2) is 32.0 Å². The number of carbonyl (C=O) groups is 1. The molecular formula is C24H20F3N5O2. The van der Waals surface area contributed by atoms with Crippen LogP contribution in [0.5, 0.6) is 5.75 Å². The zero-order valence-corrected chi connectivity index (χ0v) is 18.1. The van der Waals surface area contributed by atoms with E-state index in [1.54, 1.807) is 23.3 Å². The number of hydrogen-bond donors (Lipinski definition) is 1. The molecule has 4 rings (SSSR count). The minimum atomic E-state index is -4.80. The summed E-state index contributed by atoms with van der Waals surface area (Å²) in [7, 11) is 1.85. The highest BCUT2D eigenvalue weighted by Crippen LogP contribution is 2.25. The van der Waals surface area contributed by atoms with Crippen LogP contribution in [0.2, 0.25) is 0 Å². The topological polar surface area (TPSA) is 81.9 Å². The first-order valence-corrected chi connectivity index (χ1v) is 10.3. The van der Waals surface area contributed by atoms with Crippen molar-refractivity contribution in [2.45, 2.75) is 19.2 Å². The Balaban J connectivity index is 1.34. The van der Waals surface area contributed by atoms with E-state index >= 15 is 0 Å². The van der Waals surface area contributed by atoms with Gasteiger partial charge in [0, 0.05) is 49.4 Å². The Kier molecular flexibility index (Phi) is 6.58. The first-order valence-electron chi connectivity index (χ1n) is 10.3. The fourth-order valence-electron chi connectivity index (χ4n) is 3.32. The van der Waals surface area contributed by atoms with Crippen LogP contribution >= 0.6 is 0 Å². The van der Waals surface area contributed by atoms with Gasteiger partial charge in [0.05, 0.1) is 12.6 Å². The molecule has 2 heterocycles. The predicted octanol–water partition coefficient (Wildman–Crippen LogP) is 4.55. The highest BCUT2D eigenvalue weighted by Gasteiger charge is 2.31. The molecule has 1 N–H and O–H groups in total. The summed E-state index contributed by atoms with van der Waals surface area (Å²) in [4.78, 5) is 21.1. The average Bonchev–Trinajstić information content (AvgIpc) is 3.18. The number of ether oxygens (including phenoxy) is 1. The van der Waals surface area contributed by atoms with Crippen molar-refractivity contribution in [2.24, 2.45) is 7.05 Å². The smallest absolute Gasteiger partial charge is 0.406 e. The molecule has 0 bridgehead atoms. The molecule has 0 fully saturated rings. The maximum atomic E-state index is 12.4. The van der Waals surface area contributed by atoms with Gasteiger partial charge in [-0.3, -0.25) is 9.48 Å². The highest BCUT2D eigenvalue weighted by molar-refractivity contribution is 5.92. The quantitative estimate of drug-likeness (QED) is 0.431. The van der Waals surface area contributed by atoms with E-state index in [9.17, 15) is 18.0 Å². The number of aromatic nitrogens is 4. The maximum Gasteiger partial charge on any atom is 0.573 e. The van der Waals surface area contributed by atoms with Crippen LogP contribution in [0.4, 0.5) is 18.9 Å². The molecule has 2 aromatic carbocycles. The van der Waals surface area contributed by atoms with Gasteiger partial charge in [0.2, 0.25) is 5.91 Å². The first-order chi connectivity index (χ1) is 16.2. The van der Waals surface area contributed by atoms with E-state index in [2.05, 4.69) is 25.1 Å². The molecule has 2 aromatic heterocycles. The number of nitrogens with zero attached hydrogens (tertiary/aromatic N) is 4. The number of alkyl halides is 3. The van der Waals surface area contributed by atoms with Gasteiger partial charge in [0.15, 0.2) is 0 Å². The third-order valence-electron chi connectivity index (χ3n) is 4.83. The molecular weight excluding hydrogens is 447 g/mol. The van der Waals surface area contributed by atoms with E-state index in [0.717, 1.165) is 34.4 Å². The van der Waals surface area contributed by atoms with Crippen LogP contribution in [-0.2, 0) is 24.7 Å². The fraction of sp³-hybridized carbons (Fsp3) is 0.167. The van der Waals surface area contributed by atoms with Crippen LogP contribution in [0.25, 0.3) is 11.1 Å². The number of halogens is 3. The molecule has 0 atom stereocenters. The molecule has 0 aliphatic heterocycles. The largest absolute Gasteiger partial charge is 0.573 e. The molecule has 0 radical (unpaired) electrons. The number of anilines is 1. The van der Waals surface area contributed by atoms with Crippen LogP contribution < -0.4 is 10.1 Å². The number of carbonyl (C=O) groups excluding carboxylic acids is 1. The third-order valence-corrected chi connectivity index (χ3v) is 4.83. The second-order valence-corrected chi connectivity index (χ2v) is 7.58. The molecule has 0 aliphatic carbocycles. The van der Waals surface area contributed by atoms with Gasteiger partial charge in [-0.15, -0.1) is 13.2 Å². The SMILES string of the molecule is Cn1cc(Cc2ncc(-c3ccc(CC(=O)Nc4cccc(OC(F)(F)F)c4)cc3)cn2)cn1. The number of nitrogens with one attached hydrogen (secondary N) is 1. The van der Waals surface area contributed by atoms with Crippen molar-refractivity contribution in [3.05, 3.63) is 90.3 Å². The lowest BCUT2D eigenvalue weighted by molar-refractivity contribution is -0.274. The molecule has 0 saturated carbocycles. The molecule has 10 heteroatoms. The Labute approximate surface area is 193 Å². The Hall–Kier alpha value is -4.21. The highest BCUT2D eigenvalue weighted by atomic mass is 19.4. The van der Waals surface area contributed by atoms with Gasteiger partial charge in [0.25, 0.3) is 0 Å². The van der Waals surface area contributed by atoms with Crippen LogP contribution in [0.3, 0.4) is 0 Å². The van der Waals surface area contributed by atoms with Gasteiger partial charge >= 0.3 is 6.36 Å². The lowest BCUT2D eigenvalue weighted by Crippen LogP contribution is -2.18. The minimum Gasteiger partial charge on any atom is -0.406 e. The van der Waals surface area contributed by atoms with Crippen molar-refractivity contribution >= 4 is 11.6 Å². The summed E-state index contributed by atoms with van der Waals surface area (Å²) < 4.78 is 42.7. The molecule has 0 saturated heterocycles. The summed E-state index contributed by atoms with van der Waals surface area (Å²) in [6, 6.07) is 12.5. The number of hydrogen-bond acceptors (Lipinski definition) is 5. The van der Waals surface area contributed by atoms with E-state index in [-0.39, 0.29) is 18.0 Å². The second kappa shape index (κ2) is 9.74. The molecule has 0 aliphatic rings. The van der Waals surface area contributed by atoms with E-state index in [0.29, 0.717) is 12.2 Å². The fourth-order valence-corrected chi connectivity index (χ4v) is 3.32. The number of aryl methyl sites for hydroxylation is 1. The van der Waals surface area contributed by atoms with Crippen molar-refractivity contribution in [1.29, 1.82) is 0 Å². The third kappa shape index (κ3) is 6.41. The van der Waals surface area contributed by atoms with E-state index in [4.69, 9.17) is 0 Å². The lowest BCUT2D eigenvalue weighted by Gasteiger charge is -2.11. The van der Waals surface area contributed by atoms with Crippen LogP contribution in [0, 0.1) is 0 Å². The minimum absolute atomic E-state index is 0.0607. The summed E-state index contributed by atoms with van der Waals surface area (Å²) >= 11 is 0. The number of rotatable bonds is 7. The van der Waals surface area contributed by atoms with Gasteiger partial charge in [-0.2, -0.15) is 5.10 Å². The second-order valence-electron chi connectivity index (χ2n) is 7.58. The van der Waals surface area contributed by atoms with Crippen molar-refractivity contribution in [2.75, 3.05) is 5.32 Å². The van der Waals surface area contributed by atoms with E-state index < -0.39 is 12.1 Å². The van der Waals surface area contributed by atoms with Gasteiger partial charge in [-0.1, -0.05) is 30.3 Å². The lowest BCUT2D eigenvalue weighted by atomic mass is 10.0. The van der Waals surface area contributed by atoms with Gasteiger partial charge in [-0.05, 0) is 28.8 Å². The molecule has 0 spiro atoms. The monoisotopic (exact) mass is 467 g/mol. The van der Waals surface area contributed by atoms with Gasteiger partial charge in [-0.25, -0.2) is 9.97 Å². The molecule has 4 aromatic rings. The van der Waals surface area contributed by atoms with Crippen LogP contribution in [0.15, 0.2) is 73.3 Å². The number of amides is 1.